The average molecular weight is 345 g/mol. The SMILES string of the molecule is Cc1ccnc(-c2ccc(NC(=O)CC3Cc4ccccc4O3)cc2)n1. The summed E-state index contributed by atoms with van der Waals surface area (Å²) in [6.07, 6.45) is 2.74. The van der Waals surface area contributed by atoms with Gasteiger partial charge in [0.2, 0.25) is 5.91 Å². The van der Waals surface area contributed by atoms with Crippen molar-refractivity contribution in [1.29, 1.82) is 0 Å². The first-order valence-corrected chi connectivity index (χ1v) is 8.62. The van der Waals surface area contributed by atoms with Crippen molar-refractivity contribution in [2.24, 2.45) is 0 Å². The molecule has 0 saturated carbocycles. The van der Waals surface area contributed by atoms with Crippen molar-refractivity contribution in [3.05, 3.63) is 72.1 Å². The molecule has 1 aliphatic heterocycles. The van der Waals surface area contributed by atoms with E-state index in [-0.39, 0.29) is 12.0 Å². The first-order valence-electron chi connectivity index (χ1n) is 8.62. The van der Waals surface area contributed by atoms with Crippen LogP contribution in [0, 0.1) is 6.92 Å². The van der Waals surface area contributed by atoms with Gasteiger partial charge in [-0.1, -0.05) is 18.2 Å². The van der Waals surface area contributed by atoms with E-state index in [0.717, 1.165) is 34.7 Å². The summed E-state index contributed by atoms with van der Waals surface area (Å²) >= 11 is 0. The summed E-state index contributed by atoms with van der Waals surface area (Å²) in [5, 5.41) is 2.93. The molecule has 1 N–H and O–H groups in total. The smallest absolute Gasteiger partial charge is 0.228 e. The maximum Gasteiger partial charge on any atom is 0.228 e. The Bertz CT molecular complexity index is 913. The molecule has 2 aromatic carbocycles. The van der Waals surface area contributed by atoms with Gasteiger partial charge >= 0.3 is 0 Å². The van der Waals surface area contributed by atoms with Gasteiger partial charge in [-0.05, 0) is 48.9 Å². The molecule has 1 amide bonds. The van der Waals surface area contributed by atoms with Crippen LogP contribution in [0.1, 0.15) is 17.7 Å². The van der Waals surface area contributed by atoms with Crippen LogP contribution in [0.4, 0.5) is 5.69 Å². The Morgan fingerprint density at radius 2 is 1.96 bits per heavy atom. The maximum absolute atomic E-state index is 12.3. The molecule has 0 fully saturated rings. The standard InChI is InChI=1S/C21H19N3O2/c1-14-10-11-22-21(23-14)15-6-8-17(9-7-15)24-20(25)13-18-12-16-4-2-3-5-19(16)26-18/h2-11,18H,12-13H2,1H3,(H,24,25). The largest absolute Gasteiger partial charge is 0.489 e. The van der Waals surface area contributed by atoms with E-state index in [1.807, 2.05) is 61.5 Å². The molecular formula is C21H19N3O2. The highest BCUT2D eigenvalue weighted by Crippen LogP contribution is 2.29. The summed E-state index contributed by atoms with van der Waals surface area (Å²) in [6, 6.07) is 17.3. The minimum atomic E-state index is -0.104. The van der Waals surface area contributed by atoms with E-state index in [4.69, 9.17) is 4.74 Å². The average Bonchev–Trinajstić information content (AvgIpc) is 3.04. The third-order valence-electron chi connectivity index (χ3n) is 4.35. The van der Waals surface area contributed by atoms with Crippen molar-refractivity contribution in [3.63, 3.8) is 0 Å². The molecule has 0 saturated heterocycles. The number of carbonyl (C=O) groups is 1. The maximum atomic E-state index is 12.3. The fourth-order valence-corrected chi connectivity index (χ4v) is 3.08. The topological polar surface area (TPSA) is 64.1 Å². The lowest BCUT2D eigenvalue weighted by molar-refractivity contribution is -0.117. The Hall–Kier alpha value is -3.21. The van der Waals surface area contributed by atoms with Gasteiger partial charge in [-0.15, -0.1) is 0 Å². The Morgan fingerprint density at radius 3 is 2.73 bits per heavy atom. The van der Waals surface area contributed by atoms with Gasteiger partial charge in [-0.3, -0.25) is 4.79 Å². The van der Waals surface area contributed by atoms with Crippen molar-refractivity contribution in [2.45, 2.75) is 25.9 Å². The zero-order valence-corrected chi connectivity index (χ0v) is 14.5. The highest BCUT2D eigenvalue weighted by atomic mass is 16.5. The van der Waals surface area contributed by atoms with Gasteiger partial charge in [0.1, 0.15) is 11.9 Å². The lowest BCUT2D eigenvalue weighted by Gasteiger charge is -2.11. The molecular weight excluding hydrogens is 326 g/mol. The summed E-state index contributed by atoms with van der Waals surface area (Å²) in [7, 11) is 0. The van der Waals surface area contributed by atoms with Crippen LogP contribution in [0.2, 0.25) is 0 Å². The summed E-state index contributed by atoms with van der Waals surface area (Å²) < 4.78 is 5.83. The lowest BCUT2D eigenvalue weighted by atomic mass is 10.1. The Morgan fingerprint density at radius 1 is 1.15 bits per heavy atom. The fraction of sp³-hybridized carbons (Fsp3) is 0.190. The Kier molecular flexibility index (Phi) is 4.35. The van der Waals surface area contributed by atoms with E-state index >= 15 is 0 Å². The van der Waals surface area contributed by atoms with Gasteiger partial charge in [0.25, 0.3) is 0 Å². The third kappa shape index (κ3) is 3.57. The molecule has 0 aliphatic carbocycles. The molecule has 4 rings (SSSR count). The Balaban J connectivity index is 1.36. The zero-order chi connectivity index (χ0) is 17.9. The van der Waals surface area contributed by atoms with Gasteiger partial charge in [0.05, 0.1) is 6.42 Å². The third-order valence-corrected chi connectivity index (χ3v) is 4.35. The number of para-hydroxylation sites is 1. The quantitative estimate of drug-likeness (QED) is 0.781. The number of rotatable bonds is 4. The molecule has 130 valence electrons. The molecule has 1 atom stereocenters. The highest BCUT2D eigenvalue weighted by Gasteiger charge is 2.24. The molecule has 1 aliphatic rings. The first-order chi connectivity index (χ1) is 12.7. The summed E-state index contributed by atoms with van der Waals surface area (Å²) in [4.78, 5) is 21.0. The number of amides is 1. The molecule has 0 bridgehead atoms. The van der Waals surface area contributed by atoms with E-state index in [2.05, 4.69) is 15.3 Å². The van der Waals surface area contributed by atoms with E-state index in [9.17, 15) is 4.79 Å². The minimum absolute atomic E-state index is 0.0534. The number of nitrogens with zero attached hydrogens (tertiary/aromatic N) is 2. The molecule has 3 aromatic rings. The van der Waals surface area contributed by atoms with Crippen LogP contribution >= 0.6 is 0 Å². The fourth-order valence-electron chi connectivity index (χ4n) is 3.08. The zero-order valence-electron chi connectivity index (χ0n) is 14.5. The second-order valence-corrected chi connectivity index (χ2v) is 6.40. The number of nitrogens with one attached hydrogen (secondary N) is 1. The molecule has 26 heavy (non-hydrogen) atoms. The number of ether oxygens (including phenoxy) is 1. The number of hydrogen-bond acceptors (Lipinski definition) is 4. The second-order valence-electron chi connectivity index (χ2n) is 6.40. The normalized spacial score (nSPS) is 15.2. The predicted molar refractivity (Wildman–Crippen MR) is 100 cm³/mol. The molecule has 0 spiro atoms. The molecule has 2 heterocycles. The van der Waals surface area contributed by atoms with Crippen molar-refractivity contribution >= 4 is 11.6 Å². The molecule has 5 heteroatoms. The highest BCUT2D eigenvalue weighted by molar-refractivity contribution is 5.91. The second kappa shape index (κ2) is 6.96. The van der Waals surface area contributed by atoms with Crippen molar-refractivity contribution < 1.29 is 9.53 Å². The number of carbonyl (C=O) groups excluding carboxylic acids is 1. The van der Waals surface area contributed by atoms with Crippen LogP contribution in [-0.2, 0) is 11.2 Å². The van der Waals surface area contributed by atoms with Crippen molar-refractivity contribution in [1.82, 2.24) is 9.97 Å². The van der Waals surface area contributed by atoms with Crippen molar-refractivity contribution in [3.8, 4) is 17.1 Å². The van der Waals surface area contributed by atoms with Gasteiger partial charge in [-0.2, -0.15) is 0 Å². The number of aromatic nitrogens is 2. The van der Waals surface area contributed by atoms with Gasteiger partial charge in [-0.25, -0.2) is 9.97 Å². The van der Waals surface area contributed by atoms with Crippen LogP contribution in [0.25, 0.3) is 11.4 Å². The number of fused-ring (bicyclic) bond motifs is 1. The van der Waals surface area contributed by atoms with Gasteiger partial charge in [0.15, 0.2) is 5.82 Å². The number of anilines is 1. The monoisotopic (exact) mass is 345 g/mol. The molecule has 1 unspecified atom stereocenters. The van der Waals surface area contributed by atoms with Crippen LogP contribution in [0.15, 0.2) is 60.8 Å². The number of hydrogen-bond donors (Lipinski definition) is 1. The summed E-state index contributed by atoms with van der Waals surface area (Å²) in [5.74, 6) is 1.51. The van der Waals surface area contributed by atoms with E-state index in [1.165, 1.54) is 0 Å². The van der Waals surface area contributed by atoms with Crippen LogP contribution < -0.4 is 10.1 Å². The summed E-state index contributed by atoms with van der Waals surface area (Å²) in [5.41, 5.74) is 3.75. The van der Waals surface area contributed by atoms with E-state index in [1.54, 1.807) is 6.20 Å². The van der Waals surface area contributed by atoms with Crippen LogP contribution in [-0.4, -0.2) is 22.0 Å². The Labute approximate surface area is 152 Å². The first kappa shape index (κ1) is 16.3. The van der Waals surface area contributed by atoms with Crippen molar-refractivity contribution in [2.75, 3.05) is 5.32 Å². The molecule has 0 radical (unpaired) electrons. The van der Waals surface area contributed by atoms with Gasteiger partial charge in [0, 0.05) is 29.6 Å². The van der Waals surface area contributed by atoms with E-state index in [0.29, 0.717) is 12.2 Å². The predicted octanol–water partition coefficient (Wildman–Crippen LogP) is 3.78. The summed E-state index contributed by atoms with van der Waals surface area (Å²) in [6.45, 7) is 1.93. The lowest BCUT2D eigenvalue weighted by Crippen LogP contribution is -2.23. The van der Waals surface area contributed by atoms with E-state index < -0.39 is 0 Å². The number of benzene rings is 2. The van der Waals surface area contributed by atoms with Gasteiger partial charge < -0.3 is 10.1 Å². The van der Waals surface area contributed by atoms with Crippen LogP contribution in [0.5, 0.6) is 5.75 Å². The molecule has 1 aromatic heterocycles. The molecule has 5 nitrogen and oxygen atoms in total. The number of aryl methyl sites for hydroxylation is 1. The minimum Gasteiger partial charge on any atom is -0.489 e. The van der Waals surface area contributed by atoms with Crippen LogP contribution in [0.3, 0.4) is 0 Å².